The van der Waals surface area contributed by atoms with Crippen molar-refractivity contribution >= 4 is 17.5 Å². The highest BCUT2D eigenvalue weighted by Gasteiger charge is 2.32. The van der Waals surface area contributed by atoms with E-state index in [1.807, 2.05) is 31.2 Å². The van der Waals surface area contributed by atoms with Crippen molar-refractivity contribution < 1.29 is 14.3 Å². The van der Waals surface area contributed by atoms with Gasteiger partial charge in [0, 0.05) is 31.4 Å². The van der Waals surface area contributed by atoms with Crippen molar-refractivity contribution in [1.29, 1.82) is 0 Å². The molecule has 2 aromatic rings. The number of nitrogens with one attached hydrogen (secondary N) is 1. The Bertz CT molecular complexity index is 754. The van der Waals surface area contributed by atoms with Crippen LogP contribution in [0.1, 0.15) is 30.3 Å². The lowest BCUT2D eigenvalue weighted by molar-refractivity contribution is -0.117. The lowest BCUT2D eigenvalue weighted by Crippen LogP contribution is -2.38. The third kappa shape index (κ3) is 3.65. The van der Waals surface area contributed by atoms with Crippen molar-refractivity contribution in [2.75, 3.05) is 18.6 Å². The minimum absolute atomic E-state index is 0.00228. The average Bonchev–Trinajstić information content (AvgIpc) is 3.22. The van der Waals surface area contributed by atoms with Crippen LogP contribution in [0.15, 0.2) is 36.5 Å². The second-order valence-electron chi connectivity index (χ2n) is 6.02. The fourth-order valence-corrected chi connectivity index (χ4v) is 2.99. The Kier molecular flexibility index (Phi) is 5.02. The van der Waals surface area contributed by atoms with Gasteiger partial charge in [-0.1, -0.05) is 6.92 Å². The summed E-state index contributed by atoms with van der Waals surface area (Å²) in [4.78, 5) is 26.5. The number of aromatic nitrogens is 2. The highest BCUT2D eigenvalue weighted by molar-refractivity contribution is 5.98. The zero-order valence-electron chi connectivity index (χ0n) is 14.4. The molecule has 1 atom stereocenters. The van der Waals surface area contributed by atoms with E-state index in [1.165, 1.54) is 0 Å². The van der Waals surface area contributed by atoms with Crippen molar-refractivity contribution in [3.8, 4) is 5.75 Å². The average molecular weight is 342 g/mol. The van der Waals surface area contributed by atoms with E-state index in [0.29, 0.717) is 25.2 Å². The maximum atomic E-state index is 12.5. The van der Waals surface area contributed by atoms with Crippen molar-refractivity contribution in [2.24, 2.45) is 0 Å². The molecule has 2 heterocycles. The van der Waals surface area contributed by atoms with Crippen LogP contribution in [0.4, 0.5) is 5.69 Å². The Morgan fingerprint density at radius 1 is 1.32 bits per heavy atom. The van der Waals surface area contributed by atoms with Crippen LogP contribution in [-0.4, -0.2) is 41.3 Å². The Labute approximate surface area is 146 Å². The van der Waals surface area contributed by atoms with E-state index in [-0.39, 0.29) is 17.9 Å². The number of carbonyl (C=O) groups is 2. The van der Waals surface area contributed by atoms with Crippen LogP contribution < -0.4 is 15.0 Å². The van der Waals surface area contributed by atoms with E-state index in [9.17, 15) is 9.59 Å². The van der Waals surface area contributed by atoms with Crippen molar-refractivity contribution in [2.45, 2.75) is 32.4 Å². The fraction of sp³-hybridized carbons (Fsp3) is 0.389. The number of aryl methyl sites for hydroxylation is 1. The Morgan fingerprint density at radius 3 is 2.76 bits per heavy atom. The summed E-state index contributed by atoms with van der Waals surface area (Å²) in [5, 5.41) is 7.11. The van der Waals surface area contributed by atoms with Crippen LogP contribution in [-0.2, 0) is 11.3 Å². The molecule has 0 spiro atoms. The molecule has 1 N–H and O–H groups in total. The van der Waals surface area contributed by atoms with E-state index < -0.39 is 0 Å². The van der Waals surface area contributed by atoms with Crippen LogP contribution in [0.25, 0.3) is 0 Å². The van der Waals surface area contributed by atoms with Gasteiger partial charge in [-0.3, -0.25) is 14.3 Å². The molecule has 0 saturated carbocycles. The third-order valence-electron chi connectivity index (χ3n) is 4.23. The topological polar surface area (TPSA) is 76.5 Å². The fourth-order valence-electron chi connectivity index (χ4n) is 2.99. The normalized spacial score (nSPS) is 17.0. The number of amides is 2. The summed E-state index contributed by atoms with van der Waals surface area (Å²) in [7, 11) is 1.60. The lowest BCUT2D eigenvalue weighted by Gasteiger charge is -2.17. The quantitative estimate of drug-likeness (QED) is 0.869. The summed E-state index contributed by atoms with van der Waals surface area (Å²) in [5.41, 5.74) is 1.33. The highest BCUT2D eigenvalue weighted by Crippen LogP contribution is 2.24. The zero-order chi connectivity index (χ0) is 17.8. The Morgan fingerprint density at radius 2 is 2.08 bits per heavy atom. The summed E-state index contributed by atoms with van der Waals surface area (Å²) in [5.74, 6) is 0.544. The van der Waals surface area contributed by atoms with Crippen LogP contribution in [0.2, 0.25) is 0 Å². The van der Waals surface area contributed by atoms with Gasteiger partial charge < -0.3 is 15.0 Å². The van der Waals surface area contributed by atoms with E-state index in [4.69, 9.17) is 4.74 Å². The van der Waals surface area contributed by atoms with Crippen molar-refractivity contribution in [3.05, 3.63) is 42.2 Å². The molecule has 3 rings (SSSR count). The third-order valence-corrected chi connectivity index (χ3v) is 4.23. The van der Waals surface area contributed by atoms with Gasteiger partial charge in [0.05, 0.1) is 13.2 Å². The molecule has 7 nitrogen and oxygen atoms in total. The van der Waals surface area contributed by atoms with Crippen LogP contribution in [0, 0.1) is 0 Å². The molecule has 0 bridgehead atoms. The van der Waals surface area contributed by atoms with Gasteiger partial charge in [0.25, 0.3) is 5.91 Å². The van der Waals surface area contributed by atoms with Gasteiger partial charge in [0.2, 0.25) is 5.91 Å². The molecule has 132 valence electrons. The van der Waals surface area contributed by atoms with Crippen LogP contribution in [0.3, 0.4) is 0 Å². The SMILES string of the molecule is CCCn1nccc1C(=O)N[C@@H]1CC(=O)N(c2ccc(OC)cc2)C1. The van der Waals surface area contributed by atoms with E-state index >= 15 is 0 Å². The van der Waals surface area contributed by atoms with Gasteiger partial charge in [-0.15, -0.1) is 0 Å². The predicted molar refractivity (Wildman–Crippen MR) is 93.7 cm³/mol. The number of anilines is 1. The zero-order valence-corrected chi connectivity index (χ0v) is 14.4. The number of methoxy groups -OCH3 is 1. The van der Waals surface area contributed by atoms with Gasteiger partial charge in [-0.05, 0) is 36.8 Å². The summed E-state index contributed by atoms with van der Waals surface area (Å²) in [6.07, 6.45) is 2.81. The first kappa shape index (κ1) is 17.0. The molecule has 1 saturated heterocycles. The van der Waals surface area contributed by atoms with Gasteiger partial charge in [0.1, 0.15) is 11.4 Å². The first-order valence-electron chi connectivity index (χ1n) is 8.39. The van der Waals surface area contributed by atoms with Crippen molar-refractivity contribution in [3.63, 3.8) is 0 Å². The number of hydrogen-bond donors (Lipinski definition) is 1. The van der Waals surface area contributed by atoms with E-state index in [1.54, 1.807) is 29.0 Å². The maximum absolute atomic E-state index is 12.5. The summed E-state index contributed by atoms with van der Waals surface area (Å²) in [6.45, 7) is 3.18. The number of benzene rings is 1. The molecule has 1 aromatic heterocycles. The van der Waals surface area contributed by atoms with Gasteiger partial charge in [-0.25, -0.2) is 0 Å². The second-order valence-corrected chi connectivity index (χ2v) is 6.02. The second kappa shape index (κ2) is 7.38. The van der Waals surface area contributed by atoms with Gasteiger partial charge in [-0.2, -0.15) is 5.10 Å². The van der Waals surface area contributed by atoms with E-state index in [2.05, 4.69) is 10.4 Å². The number of rotatable bonds is 6. The molecule has 2 amide bonds. The molecule has 0 unspecified atom stereocenters. The first-order valence-corrected chi connectivity index (χ1v) is 8.39. The minimum Gasteiger partial charge on any atom is -0.497 e. The molecule has 1 aliphatic heterocycles. The first-order chi connectivity index (χ1) is 12.1. The van der Waals surface area contributed by atoms with Crippen molar-refractivity contribution in [1.82, 2.24) is 15.1 Å². The molecule has 25 heavy (non-hydrogen) atoms. The molecule has 1 aliphatic rings. The lowest BCUT2D eigenvalue weighted by atomic mass is 10.2. The molecule has 0 radical (unpaired) electrons. The van der Waals surface area contributed by atoms with Crippen LogP contribution >= 0.6 is 0 Å². The standard InChI is InChI=1S/C18H22N4O3/c1-3-10-22-16(8-9-19-22)18(24)20-13-11-17(23)21(12-13)14-4-6-15(25-2)7-5-14/h4-9,13H,3,10-12H2,1-2H3,(H,20,24)/t13-/m1/s1. The highest BCUT2D eigenvalue weighted by atomic mass is 16.5. The molecular weight excluding hydrogens is 320 g/mol. The summed E-state index contributed by atoms with van der Waals surface area (Å²) in [6, 6.07) is 8.81. The largest absolute Gasteiger partial charge is 0.497 e. The molecular formula is C18H22N4O3. The molecule has 0 aliphatic carbocycles. The summed E-state index contributed by atoms with van der Waals surface area (Å²) < 4.78 is 6.82. The maximum Gasteiger partial charge on any atom is 0.269 e. The molecule has 7 heteroatoms. The minimum atomic E-state index is -0.216. The number of hydrogen-bond acceptors (Lipinski definition) is 4. The predicted octanol–water partition coefficient (Wildman–Crippen LogP) is 1.84. The molecule has 1 fully saturated rings. The number of nitrogens with zero attached hydrogens (tertiary/aromatic N) is 3. The smallest absolute Gasteiger partial charge is 0.269 e. The number of ether oxygens (including phenoxy) is 1. The van der Waals surface area contributed by atoms with Crippen LogP contribution in [0.5, 0.6) is 5.75 Å². The Balaban J connectivity index is 1.65. The van der Waals surface area contributed by atoms with Gasteiger partial charge in [0.15, 0.2) is 0 Å². The molecule has 1 aromatic carbocycles. The Hall–Kier alpha value is -2.83. The monoisotopic (exact) mass is 342 g/mol. The van der Waals surface area contributed by atoms with E-state index in [0.717, 1.165) is 17.9 Å². The van der Waals surface area contributed by atoms with Gasteiger partial charge >= 0.3 is 0 Å². The number of carbonyl (C=O) groups excluding carboxylic acids is 2. The summed E-state index contributed by atoms with van der Waals surface area (Å²) >= 11 is 0.